The maximum Gasteiger partial charge on any atom is 0.277 e. The highest BCUT2D eigenvalue weighted by Crippen LogP contribution is 2.33. The van der Waals surface area contributed by atoms with Crippen LogP contribution < -0.4 is 4.74 Å². The van der Waals surface area contributed by atoms with E-state index in [1.165, 1.54) is 19.2 Å². The first-order valence-corrected chi connectivity index (χ1v) is 5.31. The standard InChI is InChI=1S/C13H9F2NO3/c1-19-9-3-4-10(12(15)7-9)11-6-8(14)2-5-13(11)16(17)18/h2-7H,1H3. The molecule has 19 heavy (non-hydrogen) atoms. The van der Waals surface area contributed by atoms with Gasteiger partial charge in [-0.15, -0.1) is 0 Å². The summed E-state index contributed by atoms with van der Waals surface area (Å²) in [6.45, 7) is 0. The Bertz CT molecular complexity index is 644. The number of nitro groups is 1. The summed E-state index contributed by atoms with van der Waals surface area (Å²) in [5, 5.41) is 10.9. The summed E-state index contributed by atoms with van der Waals surface area (Å²) in [4.78, 5) is 10.2. The van der Waals surface area contributed by atoms with Crippen LogP contribution in [0.15, 0.2) is 36.4 Å². The van der Waals surface area contributed by atoms with E-state index in [9.17, 15) is 18.9 Å². The zero-order chi connectivity index (χ0) is 14.0. The quantitative estimate of drug-likeness (QED) is 0.630. The number of rotatable bonds is 3. The molecule has 0 bridgehead atoms. The van der Waals surface area contributed by atoms with Gasteiger partial charge in [-0.1, -0.05) is 0 Å². The van der Waals surface area contributed by atoms with Crippen molar-refractivity contribution >= 4 is 5.69 Å². The molecule has 2 aromatic carbocycles. The summed E-state index contributed by atoms with van der Waals surface area (Å²) in [6.07, 6.45) is 0. The van der Waals surface area contributed by atoms with Gasteiger partial charge in [-0.3, -0.25) is 10.1 Å². The molecule has 2 rings (SSSR count). The first-order chi connectivity index (χ1) is 9.02. The SMILES string of the molecule is COc1ccc(-c2cc(F)ccc2[N+](=O)[O-])c(F)c1. The highest BCUT2D eigenvalue weighted by molar-refractivity contribution is 5.74. The molecule has 0 aliphatic rings. The second kappa shape index (κ2) is 5.01. The number of hydrogen-bond acceptors (Lipinski definition) is 3. The number of hydrogen-bond donors (Lipinski definition) is 0. The minimum Gasteiger partial charge on any atom is -0.497 e. The van der Waals surface area contributed by atoms with E-state index >= 15 is 0 Å². The molecule has 0 radical (unpaired) electrons. The number of nitrogens with zero attached hydrogens (tertiary/aromatic N) is 1. The van der Waals surface area contributed by atoms with Crippen LogP contribution in [0.2, 0.25) is 0 Å². The van der Waals surface area contributed by atoms with Crippen molar-refractivity contribution in [3.8, 4) is 16.9 Å². The van der Waals surface area contributed by atoms with Crippen LogP contribution in [-0.4, -0.2) is 12.0 Å². The summed E-state index contributed by atoms with van der Waals surface area (Å²) in [5.41, 5.74) is -0.511. The van der Waals surface area contributed by atoms with E-state index in [1.54, 1.807) is 0 Å². The average molecular weight is 265 g/mol. The third-order valence-electron chi connectivity index (χ3n) is 2.62. The second-order valence-electron chi connectivity index (χ2n) is 3.76. The molecule has 0 fully saturated rings. The Hall–Kier alpha value is -2.50. The van der Waals surface area contributed by atoms with Crippen molar-refractivity contribution in [1.82, 2.24) is 0 Å². The van der Waals surface area contributed by atoms with Gasteiger partial charge in [0.2, 0.25) is 0 Å². The first kappa shape index (κ1) is 12.9. The van der Waals surface area contributed by atoms with Gasteiger partial charge in [0.05, 0.1) is 17.6 Å². The topological polar surface area (TPSA) is 52.4 Å². The lowest BCUT2D eigenvalue weighted by molar-refractivity contribution is -0.384. The summed E-state index contributed by atoms with van der Waals surface area (Å²) < 4.78 is 31.9. The van der Waals surface area contributed by atoms with Gasteiger partial charge in [-0.25, -0.2) is 8.78 Å². The van der Waals surface area contributed by atoms with Crippen molar-refractivity contribution in [2.75, 3.05) is 7.11 Å². The fourth-order valence-electron chi connectivity index (χ4n) is 1.72. The maximum absolute atomic E-state index is 13.9. The van der Waals surface area contributed by atoms with Crippen LogP contribution in [-0.2, 0) is 0 Å². The molecule has 0 spiro atoms. The number of halogens is 2. The molecule has 0 N–H and O–H groups in total. The fraction of sp³-hybridized carbons (Fsp3) is 0.0769. The van der Waals surface area contributed by atoms with Gasteiger partial charge in [0.1, 0.15) is 17.4 Å². The van der Waals surface area contributed by atoms with Gasteiger partial charge < -0.3 is 4.74 Å². The fourth-order valence-corrected chi connectivity index (χ4v) is 1.72. The van der Waals surface area contributed by atoms with Crippen LogP contribution in [0.3, 0.4) is 0 Å². The van der Waals surface area contributed by atoms with E-state index in [1.807, 2.05) is 0 Å². The second-order valence-corrected chi connectivity index (χ2v) is 3.76. The highest BCUT2D eigenvalue weighted by atomic mass is 19.1. The first-order valence-electron chi connectivity index (χ1n) is 5.31. The molecule has 6 heteroatoms. The molecular formula is C13H9F2NO3. The van der Waals surface area contributed by atoms with Crippen LogP contribution in [0.5, 0.6) is 5.75 Å². The van der Waals surface area contributed by atoms with Gasteiger partial charge in [-0.05, 0) is 24.3 Å². The monoisotopic (exact) mass is 265 g/mol. The largest absolute Gasteiger partial charge is 0.497 e. The molecule has 0 saturated heterocycles. The molecule has 0 aliphatic carbocycles. The van der Waals surface area contributed by atoms with Gasteiger partial charge in [0.25, 0.3) is 5.69 Å². The Balaban J connectivity index is 2.64. The van der Waals surface area contributed by atoms with Crippen molar-refractivity contribution in [2.45, 2.75) is 0 Å². The van der Waals surface area contributed by atoms with E-state index in [4.69, 9.17) is 4.74 Å². The van der Waals surface area contributed by atoms with Crippen molar-refractivity contribution in [2.24, 2.45) is 0 Å². The zero-order valence-corrected chi connectivity index (χ0v) is 9.89. The lowest BCUT2D eigenvalue weighted by Crippen LogP contribution is -1.95. The zero-order valence-electron chi connectivity index (χ0n) is 9.89. The van der Waals surface area contributed by atoms with Crippen LogP contribution in [0.25, 0.3) is 11.1 Å². The lowest BCUT2D eigenvalue weighted by atomic mass is 10.0. The molecule has 0 saturated carbocycles. The molecule has 4 nitrogen and oxygen atoms in total. The van der Waals surface area contributed by atoms with E-state index in [0.717, 1.165) is 24.3 Å². The molecule has 0 aliphatic heterocycles. The Labute approximate surface area is 107 Å². The van der Waals surface area contributed by atoms with E-state index < -0.39 is 16.6 Å². The normalized spacial score (nSPS) is 10.3. The minimum absolute atomic E-state index is 0.0491. The Morgan fingerprint density at radius 2 is 1.84 bits per heavy atom. The summed E-state index contributed by atoms with van der Waals surface area (Å²) >= 11 is 0. The molecular weight excluding hydrogens is 256 g/mol. The van der Waals surface area contributed by atoms with E-state index in [-0.39, 0.29) is 22.6 Å². The third-order valence-corrected chi connectivity index (χ3v) is 2.62. The van der Waals surface area contributed by atoms with Gasteiger partial charge >= 0.3 is 0 Å². The van der Waals surface area contributed by atoms with Gasteiger partial charge in [0, 0.05) is 17.7 Å². The molecule has 98 valence electrons. The average Bonchev–Trinajstić information content (AvgIpc) is 2.38. The van der Waals surface area contributed by atoms with E-state index in [0.29, 0.717) is 0 Å². The lowest BCUT2D eigenvalue weighted by Gasteiger charge is -2.06. The molecule has 0 atom stereocenters. The Kier molecular flexibility index (Phi) is 3.41. The molecule has 0 heterocycles. The molecule has 2 aromatic rings. The van der Waals surface area contributed by atoms with Crippen molar-refractivity contribution in [1.29, 1.82) is 0 Å². The predicted octanol–water partition coefficient (Wildman–Crippen LogP) is 3.55. The molecule has 0 amide bonds. The van der Waals surface area contributed by atoms with Crippen LogP contribution in [0.1, 0.15) is 0 Å². The van der Waals surface area contributed by atoms with Gasteiger partial charge in [-0.2, -0.15) is 0 Å². The number of methoxy groups -OCH3 is 1. The summed E-state index contributed by atoms with van der Waals surface area (Å²) in [5.74, 6) is -1.11. The number of nitro benzene ring substituents is 1. The highest BCUT2D eigenvalue weighted by Gasteiger charge is 2.19. The number of benzene rings is 2. The third kappa shape index (κ3) is 2.52. The predicted molar refractivity (Wildman–Crippen MR) is 65.0 cm³/mol. The van der Waals surface area contributed by atoms with E-state index in [2.05, 4.69) is 0 Å². The van der Waals surface area contributed by atoms with Crippen LogP contribution >= 0.6 is 0 Å². The van der Waals surface area contributed by atoms with Gasteiger partial charge in [0.15, 0.2) is 0 Å². The molecule has 0 aromatic heterocycles. The maximum atomic E-state index is 13.9. The van der Waals surface area contributed by atoms with Crippen molar-refractivity contribution in [3.05, 3.63) is 58.1 Å². The Morgan fingerprint density at radius 1 is 1.11 bits per heavy atom. The van der Waals surface area contributed by atoms with Crippen LogP contribution in [0, 0.1) is 21.7 Å². The van der Waals surface area contributed by atoms with Crippen molar-refractivity contribution < 1.29 is 18.4 Å². The summed E-state index contributed by atoms with van der Waals surface area (Å²) in [7, 11) is 1.37. The van der Waals surface area contributed by atoms with Crippen LogP contribution in [0.4, 0.5) is 14.5 Å². The molecule has 0 unspecified atom stereocenters. The minimum atomic E-state index is -0.715. The van der Waals surface area contributed by atoms with Crippen molar-refractivity contribution in [3.63, 3.8) is 0 Å². The number of ether oxygens (including phenoxy) is 1. The summed E-state index contributed by atoms with van der Waals surface area (Å²) in [6, 6.07) is 6.76. The smallest absolute Gasteiger partial charge is 0.277 e. The Morgan fingerprint density at radius 3 is 2.42 bits per heavy atom.